The minimum atomic E-state index is -1.40. The maximum absolute atomic E-state index is 15.2. The summed E-state index contributed by atoms with van der Waals surface area (Å²) in [6.07, 6.45) is 3.22. The van der Waals surface area contributed by atoms with Crippen LogP contribution in [0.3, 0.4) is 0 Å². The molecule has 1 saturated heterocycles. The summed E-state index contributed by atoms with van der Waals surface area (Å²) in [5, 5.41) is 9.36. The van der Waals surface area contributed by atoms with Gasteiger partial charge in [-0.05, 0) is 43.7 Å². The number of aromatic carboxylic acids is 1. The van der Waals surface area contributed by atoms with Crippen LogP contribution in [0.5, 0.6) is 0 Å². The Kier molecular flexibility index (Phi) is 3.84. The first kappa shape index (κ1) is 18.5. The van der Waals surface area contributed by atoms with E-state index in [9.17, 15) is 19.1 Å². The molecule has 2 heterocycles. The molecule has 29 heavy (non-hydrogen) atoms. The second-order valence-electron chi connectivity index (χ2n) is 8.80. The summed E-state index contributed by atoms with van der Waals surface area (Å²) in [4.78, 5) is 26.2. The van der Waals surface area contributed by atoms with Crippen molar-refractivity contribution in [3.05, 3.63) is 39.4 Å². The highest BCUT2D eigenvalue weighted by atomic mass is 19.1. The van der Waals surface area contributed by atoms with Crippen LogP contribution in [0.1, 0.15) is 47.6 Å². The van der Waals surface area contributed by atoms with Gasteiger partial charge in [0.05, 0.1) is 17.2 Å². The average Bonchev–Trinajstić information content (AvgIpc) is 3.52. The predicted octanol–water partition coefficient (Wildman–Crippen LogP) is 2.75. The van der Waals surface area contributed by atoms with Crippen molar-refractivity contribution in [1.29, 1.82) is 0 Å². The van der Waals surface area contributed by atoms with Crippen LogP contribution in [0.25, 0.3) is 10.9 Å². The van der Waals surface area contributed by atoms with E-state index in [4.69, 9.17) is 5.73 Å². The van der Waals surface area contributed by atoms with Crippen molar-refractivity contribution < 1.29 is 18.7 Å². The summed E-state index contributed by atoms with van der Waals surface area (Å²) < 4.78 is 30.6. The van der Waals surface area contributed by atoms with Crippen LogP contribution < -0.4 is 16.1 Å². The van der Waals surface area contributed by atoms with Gasteiger partial charge in [0, 0.05) is 36.6 Å². The van der Waals surface area contributed by atoms with E-state index >= 15 is 4.39 Å². The van der Waals surface area contributed by atoms with Crippen LogP contribution in [0.15, 0.2) is 17.1 Å². The van der Waals surface area contributed by atoms with Gasteiger partial charge in [-0.1, -0.05) is 0 Å². The van der Waals surface area contributed by atoms with E-state index in [-0.39, 0.29) is 17.3 Å². The number of hydrogen-bond acceptors (Lipinski definition) is 4. The molecular weight excluding hydrogens is 380 g/mol. The summed E-state index contributed by atoms with van der Waals surface area (Å²) in [7, 11) is 0. The highest BCUT2D eigenvalue weighted by Crippen LogP contribution is 2.46. The zero-order valence-corrected chi connectivity index (χ0v) is 16.1. The van der Waals surface area contributed by atoms with Gasteiger partial charge >= 0.3 is 5.97 Å². The molecule has 154 valence electrons. The maximum atomic E-state index is 15.2. The number of nitrogens with two attached hydrogens (primary N) is 1. The minimum Gasteiger partial charge on any atom is -0.477 e. The molecule has 1 aromatic heterocycles. The summed E-state index contributed by atoms with van der Waals surface area (Å²) in [5.41, 5.74) is 6.34. The van der Waals surface area contributed by atoms with Gasteiger partial charge in [-0.2, -0.15) is 0 Å². The van der Waals surface area contributed by atoms with Crippen LogP contribution in [-0.4, -0.2) is 40.4 Å². The van der Waals surface area contributed by atoms with Gasteiger partial charge in [0.1, 0.15) is 17.6 Å². The third-order valence-corrected chi connectivity index (χ3v) is 6.89. The van der Waals surface area contributed by atoms with Crippen molar-refractivity contribution in [2.24, 2.45) is 11.7 Å². The molecule has 3 atom stereocenters. The minimum absolute atomic E-state index is 0.0176. The van der Waals surface area contributed by atoms with Crippen LogP contribution in [0, 0.1) is 18.7 Å². The highest BCUT2D eigenvalue weighted by molar-refractivity contribution is 5.95. The van der Waals surface area contributed by atoms with Gasteiger partial charge in [0.2, 0.25) is 5.43 Å². The highest BCUT2D eigenvalue weighted by Gasteiger charge is 2.48. The molecule has 5 rings (SSSR count). The molecule has 3 aliphatic rings. The number of nitrogens with zero attached hydrogens (tertiary/aromatic N) is 2. The topological polar surface area (TPSA) is 88.6 Å². The predicted molar refractivity (Wildman–Crippen MR) is 105 cm³/mol. The SMILES string of the molecule is Cc1c(N2CC[C@@H](C3(N)CC3)C2)c(F)cc2c(=O)c(C(=O)O)cn([C@@H]3C[C@H]3F)c12. The van der Waals surface area contributed by atoms with Gasteiger partial charge < -0.3 is 20.3 Å². The van der Waals surface area contributed by atoms with Gasteiger partial charge in [-0.3, -0.25) is 4.79 Å². The lowest BCUT2D eigenvalue weighted by molar-refractivity contribution is 0.0694. The Hall–Kier alpha value is -2.48. The summed E-state index contributed by atoms with van der Waals surface area (Å²) in [6.45, 7) is 3.03. The molecular formula is C21H23F2N3O3. The Balaban J connectivity index is 1.68. The second kappa shape index (κ2) is 6.01. The first-order chi connectivity index (χ1) is 13.7. The third-order valence-electron chi connectivity index (χ3n) is 6.89. The Morgan fingerprint density at radius 2 is 2.07 bits per heavy atom. The van der Waals surface area contributed by atoms with Crippen molar-refractivity contribution in [2.75, 3.05) is 18.0 Å². The number of aromatic nitrogens is 1. The zero-order valence-electron chi connectivity index (χ0n) is 16.1. The summed E-state index contributed by atoms with van der Waals surface area (Å²) in [5.74, 6) is -1.66. The normalized spacial score (nSPS) is 27.4. The van der Waals surface area contributed by atoms with Crippen LogP contribution in [0.4, 0.5) is 14.5 Å². The van der Waals surface area contributed by atoms with E-state index in [0.717, 1.165) is 25.3 Å². The number of rotatable bonds is 4. The fourth-order valence-corrected chi connectivity index (χ4v) is 4.90. The number of carbonyl (C=O) groups is 1. The first-order valence-electron chi connectivity index (χ1n) is 10.0. The number of pyridine rings is 1. The Morgan fingerprint density at radius 3 is 2.66 bits per heavy atom. The molecule has 0 radical (unpaired) electrons. The molecule has 0 spiro atoms. The monoisotopic (exact) mass is 403 g/mol. The van der Waals surface area contributed by atoms with E-state index in [2.05, 4.69) is 0 Å². The Morgan fingerprint density at radius 1 is 1.38 bits per heavy atom. The van der Waals surface area contributed by atoms with Crippen LogP contribution in [-0.2, 0) is 0 Å². The fraction of sp³-hybridized carbons (Fsp3) is 0.524. The van der Waals surface area contributed by atoms with Crippen molar-refractivity contribution in [2.45, 2.75) is 50.4 Å². The third kappa shape index (κ3) is 2.76. The van der Waals surface area contributed by atoms with E-state index < -0.39 is 35.0 Å². The molecule has 0 bridgehead atoms. The van der Waals surface area contributed by atoms with E-state index in [1.807, 2.05) is 4.90 Å². The van der Waals surface area contributed by atoms with Gasteiger partial charge in [-0.15, -0.1) is 0 Å². The molecule has 1 aliphatic heterocycles. The molecule has 3 N–H and O–H groups in total. The number of anilines is 1. The first-order valence-corrected chi connectivity index (χ1v) is 10.0. The van der Waals surface area contributed by atoms with Crippen LogP contribution >= 0.6 is 0 Å². The maximum Gasteiger partial charge on any atom is 0.341 e. The lowest BCUT2D eigenvalue weighted by atomic mass is 9.97. The number of halogens is 2. The molecule has 1 aromatic carbocycles. The number of carboxylic acid groups (broad SMARTS) is 1. The quantitative estimate of drug-likeness (QED) is 0.820. The summed E-state index contributed by atoms with van der Waals surface area (Å²) >= 11 is 0. The lowest BCUT2D eigenvalue weighted by Gasteiger charge is -2.25. The van der Waals surface area contributed by atoms with Crippen molar-refractivity contribution in [1.82, 2.24) is 4.57 Å². The number of fused-ring (bicyclic) bond motifs is 1. The molecule has 6 nitrogen and oxygen atoms in total. The Bertz CT molecular complexity index is 1110. The molecule has 0 unspecified atom stereocenters. The fourth-order valence-electron chi connectivity index (χ4n) is 4.90. The average molecular weight is 403 g/mol. The molecule has 0 amide bonds. The second-order valence-corrected chi connectivity index (χ2v) is 8.80. The number of alkyl halides is 1. The van der Waals surface area contributed by atoms with E-state index in [0.29, 0.717) is 35.8 Å². The number of hydrogen-bond donors (Lipinski definition) is 2. The molecule has 8 heteroatoms. The van der Waals surface area contributed by atoms with Crippen molar-refractivity contribution in [3.63, 3.8) is 0 Å². The number of carboxylic acids is 1. The molecule has 2 aromatic rings. The van der Waals surface area contributed by atoms with Crippen molar-refractivity contribution >= 4 is 22.6 Å². The van der Waals surface area contributed by atoms with Gasteiger partial charge in [0.15, 0.2) is 0 Å². The Labute approximate surface area is 165 Å². The summed E-state index contributed by atoms with van der Waals surface area (Å²) in [6, 6.07) is 0.583. The molecule has 2 aliphatic carbocycles. The zero-order chi connectivity index (χ0) is 20.7. The number of benzene rings is 1. The number of aryl methyl sites for hydroxylation is 1. The van der Waals surface area contributed by atoms with Gasteiger partial charge in [0.25, 0.3) is 0 Å². The van der Waals surface area contributed by atoms with Crippen molar-refractivity contribution in [3.8, 4) is 0 Å². The molecule has 2 saturated carbocycles. The smallest absolute Gasteiger partial charge is 0.341 e. The molecule has 3 fully saturated rings. The standard InChI is InChI=1S/C21H23F2N3O3/c1-10-17-12(19(27)13(20(28)29)9-26(17)16-7-14(16)22)6-15(23)18(10)25-5-2-11(8-25)21(24)3-4-21/h6,9,11,14,16H,2-5,7-8,24H2,1H3,(H,28,29)/t11-,14-,16-/m1/s1. The van der Waals surface area contributed by atoms with E-state index in [1.54, 1.807) is 6.92 Å². The lowest BCUT2D eigenvalue weighted by Crippen LogP contribution is -2.35. The van der Waals surface area contributed by atoms with Gasteiger partial charge in [-0.25, -0.2) is 13.6 Å². The van der Waals surface area contributed by atoms with Crippen LogP contribution in [0.2, 0.25) is 0 Å². The van der Waals surface area contributed by atoms with E-state index in [1.165, 1.54) is 10.8 Å². The largest absolute Gasteiger partial charge is 0.477 e.